The maximum absolute atomic E-state index is 12.7. The molecule has 0 unspecified atom stereocenters. The number of rotatable bonds is 6. The average Bonchev–Trinajstić information content (AvgIpc) is 3.22. The van der Waals surface area contributed by atoms with E-state index in [0.717, 1.165) is 16.3 Å². The Hall–Kier alpha value is -4.45. The number of fused-ring (bicyclic) bond motifs is 2. The van der Waals surface area contributed by atoms with Crippen LogP contribution in [-0.2, 0) is 14.3 Å². The summed E-state index contributed by atoms with van der Waals surface area (Å²) in [6, 6.07) is 15.8. The van der Waals surface area contributed by atoms with Crippen molar-refractivity contribution in [2.45, 2.75) is 6.42 Å². The molecule has 9 heteroatoms. The van der Waals surface area contributed by atoms with E-state index < -0.39 is 30.2 Å². The van der Waals surface area contributed by atoms with Crippen LogP contribution in [0.3, 0.4) is 0 Å². The Morgan fingerprint density at radius 3 is 1.94 bits per heavy atom. The van der Waals surface area contributed by atoms with E-state index in [2.05, 4.69) is 0 Å². The van der Waals surface area contributed by atoms with Gasteiger partial charge in [0.15, 0.2) is 6.61 Å². The summed E-state index contributed by atoms with van der Waals surface area (Å²) in [6.45, 7) is -0.780. The minimum Gasteiger partial charge on any atom is -0.457 e. The first-order chi connectivity index (χ1) is 15.8. The SMILES string of the molecule is CN1C(=C(C#N)C(=O)COC(=O)CCN2C(=O)c3ccccc3C2=O)N(C)c2ccccc21. The first kappa shape index (κ1) is 21.8. The van der Waals surface area contributed by atoms with Gasteiger partial charge in [-0.2, -0.15) is 5.26 Å². The van der Waals surface area contributed by atoms with E-state index in [-0.39, 0.29) is 18.5 Å². The minimum absolute atomic E-state index is 0.135. The van der Waals surface area contributed by atoms with Crippen LogP contribution in [0.15, 0.2) is 59.9 Å². The number of nitrogens with zero attached hydrogens (tertiary/aromatic N) is 4. The Balaban J connectivity index is 1.38. The topological polar surface area (TPSA) is 111 Å². The van der Waals surface area contributed by atoms with Gasteiger partial charge in [-0.1, -0.05) is 24.3 Å². The number of hydrogen-bond acceptors (Lipinski definition) is 8. The highest BCUT2D eigenvalue weighted by Crippen LogP contribution is 2.40. The van der Waals surface area contributed by atoms with Crippen LogP contribution in [0.25, 0.3) is 0 Å². The van der Waals surface area contributed by atoms with Crippen molar-refractivity contribution in [2.24, 2.45) is 0 Å². The first-order valence-corrected chi connectivity index (χ1v) is 10.2. The molecule has 0 spiro atoms. The van der Waals surface area contributed by atoms with E-state index in [0.29, 0.717) is 16.9 Å². The number of carbonyl (C=O) groups excluding carboxylic acids is 4. The highest BCUT2D eigenvalue weighted by Gasteiger charge is 2.35. The van der Waals surface area contributed by atoms with Crippen LogP contribution in [0.4, 0.5) is 11.4 Å². The summed E-state index contributed by atoms with van der Waals surface area (Å²) in [5.74, 6) is -1.94. The van der Waals surface area contributed by atoms with E-state index >= 15 is 0 Å². The molecule has 2 heterocycles. The molecule has 4 rings (SSSR count). The van der Waals surface area contributed by atoms with Crippen molar-refractivity contribution in [2.75, 3.05) is 37.0 Å². The normalized spacial score (nSPS) is 14.2. The molecule has 2 amide bonds. The first-order valence-electron chi connectivity index (χ1n) is 10.2. The van der Waals surface area contributed by atoms with Crippen LogP contribution in [0.1, 0.15) is 27.1 Å². The van der Waals surface area contributed by atoms with Gasteiger partial charge >= 0.3 is 5.97 Å². The fraction of sp³-hybridized carbons (Fsp3) is 0.208. The third-order valence-corrected chi connectivity index (χ3v) is 5.64. The van der Waals surface area contributed by atoms with Gasteiger partial charge < -0.3 is 14.5 Å². The van der Waals surface area contributed by atoms with Crippen molar-refractivity contribution in [3.05, 3.63) is 71.1 Å². The summed E-state index contributed by atoms with van der Waals surface area (Å²) >= 11 is 0. The summed E-state index contributed by atoms with van der Waals surface area (Å²) in [4.78, 5) is 54.1. The third-order valence-electron chi connectivity index (χ3n) is 5.64. The van der Waals surface area contributed by atoms with E-state index in [1.165, 1.54) is 0 Å². The van der Waals surface area contributed by atoms with Gasteiger partial charge in [-0.3, -0.25) is 24.1 Å². The zero-order valence-corrected chi connectivity index (χ0v) is 18.1. The summed E-state index contributed by atoms with van der Waals surface area (Å²) < 4.78 is 5.04. The predicted octanol–water partition coefficient (Wildman–Crippen LogP) is 2.11. The van der Waals surface area contributed by atoms with Gasteiger partial charge in [0.1, 0.15) is 17.5 Å². The molecule has 33 heavy (non-hydrogen) atoms. The summed E-state index contributed by atoms with van der Waals surface area (Å²) in [7, 11) is 3.49. The molecule has 0 N–H and O–H groups in total. The maximum Gasteiger partial charge on any atom is 0.308 e. The number of esters is 1. The minimum atomic E-state index is -0.751. The van der Waals surface area contributed by atoms with Crippen LogP contribution >= 0.6 is 0 Å². The quantitative estimate of drug-likeness (QED) is 0.288. The number of benzene rings is 2. The van der Waals surface area contributed by atoms with Gasteiger partial charge in [0, 0.05) is 20.6 Å². The lowest BCUT2D eigenvalue weighted by atomic mass is 10.1. The summed E-state index contributed by atoms with van der Waals surface area (Å²) in [6.07, 6.45) is -0.261. The van der Waals surface area contributed by atoms with E-state index in [1.807, 2.05) is 30.3 Å². The van der Waals surface area contributed by atoms with Crippen LogP contribution in [0.2, 0.25) is 0 Å². The van der Waals surface area contributed by atoms with Gasteiger partial charge in [-0.05, 0) is 24.3 Å². The third kappa shape index (κ3) is 3.72. The lowest BCUT2D eigenvalue weighted by Crippen LogP contribution is -2.32. The number of anilines is 2. The number of hydrogen-bond donors (Lipinski definition) is 0. The van der Waals surface area contributed by atoms with Crippen molar-refractivity contribution < 1.29 is 23.9 Å². The Morgan fingerprint density at radius 2 is 1.42 bits per heavy atom. The molecule has 2 aliphatic rings. The zero-order valence-electron chi connectivity index (χ0n) is 18.1. The molecule has 0 aliphatic carbocycles. The van der Waals surface area contributed by atoms with Crippen molar-refractivity contribution in [1.29, 1.82) is 5.26 Å². The number of imide groups is 1. The molecule has 166 valence electrons. The Bertz CT molecular complexity index is 1190. The van der Waals surface area contributed by atoms with Gasteiger partial charge in [0.05, 0.1) is 28.9 Å². The smallest absolute Gasteiger partial charge is 0.308 e. The van der Waals surface area contributed by atoms with Crippen LogP contribution in [0, 0.1) is 11.3 Å². The van der Waals surface area contributed by atoms with Crippen molar-refractivity contribution >= 4 is 34.9 Å². The highest BCUT2D eigenvalue weighted by atomic mass is 16.5. The number of para-hydroxylation sites is 2. The fourth-order valence-corrected chi connectivity index (χ4v) is 3.99. The lowest BCUT2D eigenvalue weighted by molar-refractivity contribution is -0.147. The van der Waals surface area contributed by atoms with Gasteiger partial charge in [0.2, 0.25) is 5.78 Å². The second kappa shape index (κ2) is 8.59. The van der Waals surface area contributed by atoms with E-state index in [9.17, 15) is 24.4 Å². The van der Waals surface area contributed by atoms with Crippen LogP contribution in [0.5, 0.6) is 0 Å². The van der Waals surface area contributed by atoms with Crippen molar-refractivity contribution in [3.63, 3.8) is 0 Å². The largest absolute Gasteiger partial charge is 0.457 e. The standard InChI is InChI=1S/C24H20N4O5/c1-26-18-9-5-6-10-19(18)27(2)22(26)17(13-25)20(29)14-33-21(30)11-12-28-23(31)15-7-3-4-8-16(15)24(28)32/h3-10H,11-12,14H2,1-2H3. The predicted molar refractivity (Wildman–Crippen MR) is 118 cm³/mol. The average molecular weight is 444 g/mol. The molecular weight excluding hydrogens is 424 g/mol. The number of nitriles is 1. The molecule has 2 aromatic rings. The lowest BCUT2D eigenvalue weighted by Gasteiger charge is -2.20. The van der Waals surface area contributed by atoms with Crippen LogP contribution in [-0.4, -0.2) is 55.7 Å². The Morgan fingerprint density at radius 1 is 0.909 bits per heavy atom. The van der Waals surface area contributed by atoms with Gasteiger partial charge in [-0.25, -0.2) is 0 Å². The second-order valence-corrected chi connectivity index (χ2v) is 7.56. The van der Waals surface area contributed by atoms with Crippen molar-refractivity contribution in [1.82, 2.24) is 4.90 Å². The molecule has 0 saturated heterocycles. The zero-order chi connectivity index (χ0) is 23.7. The Labute approximate surface area is 190 Å². The van der Waals surface area contributed by atoms with Gasteiger partial charge in [0.25, 0.3) is 11.8 Å². The maximum atomic E-state index is 12.7. The molecule has 0 bridgehead atoms. The molecule has 0 aromatic heterocycles. The van der Waals surface area contributed by atoms with Gasteiger partial charge in [-0.15, -0.1) is 0 Å². The molecule has 2 aromatic carbocycles. The van der Waals surface area contributed by atoms with Crippen molar-refractivity contribution in [3.8, 4) is 6.07 Å². The molecular formula is C24H20N4O5. The number of carbonyl (C=O) groups is 4. The summed E-state index contributed by atoms with van der Waals surface area (Å²) in [5.41, 5.74) is 2.13. The Kier molecular flexibility index (Phi) is 5.67. The number of Topliss-reactive ketones (excluding diaryl/α,β-unsaturated/α-hetero) is 1. The number of amides is 2. The molecule has 0 radical (unpaired) electrons. The molecule has 0 fully saturated rings. The number of ether oxygens (including phenoxy) is 1. The highest BCUT2D eigenvalue weighted by molar-refractivity contribution is 6.21. The van der Waals surface area contributed by atoms with E-state index in [1.54, 1.807) is 48.2 Å². The monoisotopic (exact) mass is 444 g/mol. The second-order valence-electron chi connectivity index (χ2n) is 7.56. The van der Waals surface area contributed by atoms with E-state index in [4.69, 9.17) is 4.74 Å². The van der Waals surface area contributed by atoms with Crippen LogP contribution < -0.4 is 9.80 Å². The number of ketones is 1. The fourth-order valence-electron chi connectivity index (χ4n) is 3.99. The molecule has 9 nitrogen and oxygen atoms in total. The molecule has 0 saturated carbocycles. The molecule has 0 atom stereocenters. The molecule has 2 aliphatic heterocycles. The summed E-state index contributed by atoms with van der Waals surface area (Å²) in [5, 5.41) is 9.62.